The summed E-state index contributed by atoms with van der Waals surface area (Å²) >= 11 is 3.49. The number of imidazole rings is 1. The van der Waals surface area contributed by atoms with Crippen molar-refractivity contribution in [3.8, 4) is 0 Å². The molecule has 5 heterocycles. The fraction of sp³-hybridized carbons (Fsp3) is 0.200. The Labute approximate surface area is 159 Å². The summed E-state index contributed by atoms with van der Waals surface area (Å²) in [5.41, 5.74) is 3.66. The first-order valence-corrected chi connectivity index (χ1v) is 10.3. The van der Waals surface area contributed by atoms with Crippen LogP contribution in [0.4, 0.5) is 0 Å². The highest BCUT2D eigenvalue weighted by Crippen LogP contribution is 2.40. The van der Waals surface area contributed by atoms with E-state index in [4.69, 9.17) is 0 Å². The molecule has 130 valence electrons. The highest BCUT2D eigenvalue weighted by Gasteiger charge is 2.34. The van der Waals surface area contributed by atoms with E-state index in [1.165, 1.54) is 15.3 Å². The lowest BCUT2D eigenvalue weighted by Crippen LogP contribution is -2.39. The molecule has 0 aromatic carbocycles. The van der Waals surface area contributed by atoms with E-state index in [0.29, 0.717) is 5.69 Å². The summed E-state index contributed by atoms with van der Waals surface area (Å²) in [5.74, 6) is 0.00310. The molecule has 4 nitrogen and oxygen atoms in total. The van der Waals surface area contributed by atoms with E-state index in [-0.39, 0.29) is 11.9 Å². The van der Waals surface area contributed by atoms with E-state index >= 15 is 0 Å². The second-order valence-corrected chi connectivity index (χ2v) is 8.47. The summed E-state index contributed by atoms with van der Waals surface area (Å²) in [5, 5.41) is 4.21. The summed E-state index contributed by atoms with van der Waals surface area (Å²) in [4.78, 5) is 22.5. The van der Waals surface area contributed by atoms with E-state index < -0.39 is 0 Å². The average Bonchev–Trinajstić information content (AvgIpc) is 3.39. The molecular weight excluding hydrogens is 362 g/mol. The number of thiophene rings is 2. The predicted molar refractivity (Wildman–Crippen MR) is 105 cm³/mol. The fourth-order valence-corrected chi connectivity index (χ4v) is 5.45. The van der Waals surface area contributed by atoms with E-state index in [1.54, 1.807) is 22.7 Å². The molecule has 1 amide bonds. The number of aromatic nitrogens is 2. The number of fused-ring (bicyclic) bond motifs is 2. The van der Waals surface area contributed by atoms with Gasteiger partial charge in [-0.1, -0.05) is 12.1 Å². The third kappa shape index (κ3) is 2.40. The first-order valence-electron chi connectivity index (χ1n) is 8.58. The second-order valence-electron chi connectivity index (χ2n) is 6.49. The number of amides is 1. The summed E-state index contributed by atoms with van der Waals surface area (Å²) < 4.78 is 1.98. The molecule has 1 aliphatic heterocycles. The van der Waals surface area contributed by atoms with Crippen LogP contribution in [0.25, 0.3) is 5.65 Å². The van der Waals surface area contributed by atoms with Crippen LogP contribution in [0.2, 0.25) is 0 Å². The highest BCUT2D eigenvalue weighted by molar-refractivity contribution is 7.10. The maximum atomic E-state index is 13.4. The molecular formula is C20H17N3OS2. The number of aryl methyl sites for hydroxylation is 1. The largest absolute Gasteiger partial charge is 0.325 e. The summed E-state index contributed by atoms with van der Waals surface area (Å²) in [6.45, 7) is 2.75. The standard InChI is InChI=1S/C20H17N3OS2/c1-13-4-2-6-18-21-15(12-23(13)18)20(24)22-9-7-16-14(8-11-26-16)19(22)17-5-3-10-25-17/h2-6,8,10-12,19H,7,9H2,1H3/t19-/m1/s1. The Morgan fingerprint density at radius 2 is 2.08 bits per heavy atom. The molecule has 0 radical (unpaired) electrons. The van der Waals surface area contributed by atoms with Gasteiger partial charge in [-0.15, -0.1) is 22.7 Å². The van der Waals surface area contributed by atoms with Crippen LogP contribution in [0, 0.1) is 6.92 Å². The number of hydrogen-bond donors (Lipinski definition) is 0. The third-order valence-electron chi connectivity index (χ3n) is 4.95. The average molecular weight is 380 g/mol. The molecule has 1 atom stereocenters. The Morgan fingerprint density at radius 1 is 1.15 bits per heavy atom. The molecule has 0 N–H and O–H groups in total. The SMILES string of the molecule is Cc1cccc2nc(C(=O)N3CCc4sccc4[C@@H]3c3cccs3)cn12. The van der Waals surface area contributed by atoms with Crippen molar-refractivity contribution in [1.29, 1.82) is 0 Å². The lowest BCUT2D eigenvalue weighted by molar-refractivity contribution is 0.0693. The van der Waals surface area contributed by atoms with E-state index in [9.17, 15) is 4.79 Å². The number of carbonyl (C=O) groups excluding carboxylic acids is 1. The van der Waals surface area contributed by atoms with Crippen LogP contribution in [-0.2, 0) is 6.42 Å². The number of pyridine rings is 1. The second kappa shape index (κ2) is 6.07. The third-order valence-corrected chi connectivity index (χ3v) is 6.88. The molecule has 1 aliphatic rings. The van der Waals surface area contributed by atoms with Gasteiger partial charge in [0.1, 0.15) is 11.3 Å². The van der Waals surface area contributed by atoms with Crippen molar-refractivity contribution in [2.75, 3.05) is 6.54 Å². The van der Waals surface area contributed by atoms with Crippen LogP contribution >= 0.6 is 22.7 Å². The highest BCUT2D eigenvalue weighted by atomic mass is 32.1. The van der Waals surface area contributed by atoms with Crippen LogP contribution in [0.1, 0.15) is 37.5 Å². The van der Waals surface area contributed by atoms with Crippen molar-refractivity contribution in [2.24, 2.45) is 0 Å². The Kier molecular flexibility index (Phi) is 3.69. The quantitative estimate of drug-likeness (QED) is 0.512. The minimum absolute atomic E-state index is 0.00310. The molecule has 6 heteroatoms. The zero-order chi connectivity index (χ0) is 17.7. The van der Waals surface area contributed by atoms with E-state index in [0.717, 1.165) is 24.3 Å². The molecule has 0 spiro atoms. The fourth-order valence-electron chi connectivity index (χ4n) is 3.69. The molecule has 26 heavy (non-hydrogen) atoms. The predicted octanol–water partition coefficient (Wildman–Crippen LogP) is 4.55. The van der Waals surface area contributed by atoms with Crippen LogP contribution in [0.5, 0.6) is 0 Å². The lowest BCUT2D eigenvalue weighted by atomic mass is 9.98. The van der Waals surface area contributed by atoms with Crippen LogP contribution in [0.15, 0.2) is 53.4 Å². The van der Waals surface area contributed by atoms with Crippen molar-refractivity contribution in [3.05, 3.63) is 80.1 Å². The summed E-state index contributed by atoms with van der Waals surface area (Å²) in [7, 11) is 0. The molecule has 4 aromatic heterocycles. The Balaban J connectivity index is 1.59. The Hall–Kier alpha value is -2.44. The van der Waals surface area contributed by atoms with Gasteiger partial charge in [-0.3, -0.25) is 4.79 Å². The van der Waals surface area contributed by atoms with Gasteiger partial charge in [0.05, 0.1) is 6.04 Å². The van der Waals surface area contributed by atoms with Crippen LogP contribution < -0.4 is 0 Å². The summed E-state index contributed by atoms with van der Waals surface area (Å²) in [6.07, 6.45) is 2.77. The van der Waals surface area contributed by atoms with Crippen molar-refractivity contribution >= 4 is 34.2 Å². The Morgan fingerprint density at radius 3 is 2.88 bits per heavy atom. The number of hydrogen-bond acceptors (Lipinski definition) is 4. The zero-order valence-corrected chi connectivity index (χ0v) is 15.9. The molecule has 0 saturated carbocycles. The molecule has 0 bridgehead atoms. The van der Waals surface area contributed by atoms with Crippen molar-refractivity contribution in [3.63, 3.8) is 0 Å². The van der Waals surface area contributed by atoms with Gasteiger partial charge in [0.15, 0.2) is 0 Å². The summed E-state index contributed by atoms with van der Waals surface area (Å²) in [6, 6.07) is 12.3. The first-order chi connectivity index (χ1) is 12.7. The number of nitrogens with zero attached hydrogens (tertiary/aromatic N) is 3. The van der Waals surface area contributed by atoms with Crippen molar-refractivity contribution < 1.29 is 4.79 Å². The topological polar surface area (TPSA) is 37.6 Å². The minimum Gasteiger partial charge on any atom is -0.325 e. The van der Waals surface area contributed by atoms with Gasteiger partial charge < -0.3 is 9.30 Å². The molecule has 4 aromatic rings. The maximum Gasteiger partial charge on any atom is 0.274 e. The molecule has 0 unspecified atom stereocenters. The normalized spacial score (nSPS) is 16.8. The van der Waals surface area contributed by atoms with Gasteiger partial charge in [-0.05, 0) is 53.9 Å². The minimum atomic E-state index is -0.0107. The number of carbonyl (C=O) groups is 1. The van der Waals surface area contributed by atoms with Crippen molar-refractivity contribution in [1.82, 2.24) is 14.3 Å². The molecule has 0 fully saturated rings. The number of rotatable bonds is 2. The van der Waals surface area contributed by atoms with Gasteiger partial charge in [0, 0.05) is 28.2 Å². The molecule has 0 saturated heterocycles. The van der Waals surface area contributed by atoms with Gasteiger partial charge in [-0.25, -0.2) is 4.98 Å². The van der Waals surface area contributed by atoms with E-state index in [1.807, 2.05) is 40.6 Å². The van der Waals surface area contributed by atoms with Gasteiger partial charge in [0.25, 0.3) is 5.91 Å². The van der Waals surface area contributed by atoms with Gasteiger partial charge in [0.2, 0.25) is 0 Å². The van der Waals surface area contributed by atoms with E-state index in [2.05, 4.69) is 33.9 Å². The Bertz CT molecular complexity index is 1090. The monoisotopic (exact) mass is 379 g/mol. The molecule has 0 aliphatic carbocycles. The van der Waals surface area contributed by atoms with Crippen molar-refractivity contribution in [2.45, 2.75) is 19.4 Å². The van der Waals surface area contributed by atoms with Gasteiger partial charge in [-0.2, -0.15) is 0 Å². The van der Waals surface area contributed by atoms with Crippen LogP contribution in [0.3, 0.4) is 0 Å². The molecule has 5 rings (SSSR count). The smallest absolute Gasteiger partial charge is 0.274 e. The van der Waals surface area contributed by atoms with Gasteiger partial charge >= 0.3 is 0 Å². The zero-order valence-electron chi connectivity index (χ0n) is 14.3. The first kappa shape index (κ1) is 15.8. The maximum absolute atomic E-state index is 13.4. The lowest BCUT2D eigenvalue weighted by Gasteiger charge is -2.35. The van der Waals surface area contributed by atoms with Crippen LogP contribution in [-0.4, -0.2) is 26.7 Å².